The van der Waals surface area contributed by atoms with E-state index in [-0.39, 0.29) is 23.8 Å². The lowest BCUT2D eigenvalue weighted by Crippen LogP contribution is -2.71. The van der Waals surface area contributed by atoms with Gasteiger partial charge in [-0.1, -0.05) is 35.5 Å². The van der Waals surface area contributed by atoms with Crippen LogP contribution in [0.5, 0.6) is 0 Å². The molecule has 2 atom stereocenters. The Bertz CT molecular complexity index is 1030. The minimum atomic E-state index is -1.30. The molecule has 2 N–H and O–H groups in total. The average molecular weight is 476 g/mol. The van der Waals surface area contributed by atoms with E-state index in [9.17, 15) is 24.3 Å². The highest BCUT2D eigenvalue weighted by molar-refractivity contribution is 8.00. The highest BCUT2D eigenvalue weighted by Crippen LogP contribution is 2.40. The normalized spacial score (nSPS) is 20.5. The SMILES string of the molecule is CC(=O)OCC1=C(C(=O)O)N2C(=O)[C@@H](NC(=O)C(=NOC(C)(C)C)c3ccccc3)[C@H]2SC1. The smallest absolute Gasteiger partial charge is 0.352 e. The summed E-state index contributed by atoms with van der Waals surface area (Å²) in [5.41, 5.74) is -0.0240. The fraction of sp³-hybridized carbons (Fsp3) is 0.409. The first-order valence-corrected chi connectivity index (χ1v) is 11.2. The summed E-state index contributed by atoms with van der Waals surface area (Å²) in [6, 6.07) is 7.75. The summed E-state index contributed by atoms with van der Waals surface area (Å²) < 4.78 is 4.92. The molecule has 1 aromatic carbocycles. The van der Waals surface area contributed by atoms with Crippen molar-refractivity contribution < 1.29 is 33.9 Å². The number of rotatable bonds is 7. The van der Waals surface area contributed by atoms with Gasteiger partial charge < -0.3 is 20.0 Å². The van der Waals surface area contributed by atoms with E-state index >= 15 is 0 Å². The molecule has 0 aromatic heterocycles. The minimum Gasteiger partial charge on any atom is -0.477 e. The van der Waals surface area contributed by atoms with Crippen LogP contribution in [0.1, 0.15) is 33.3 Å². The summed E-state index contributed by atoms with van der Waals surface area (Å²) in [6.07, 6.45) is 0. The molecule has 0 unspecified atom stereocenters. The molecule has 1 aromatic rings. The molecule has 10 nitrogen and oxygen atoms in total. The van der Waals surface area contributed by atoms with E-state index in [1.807, 2.05) is 0 Å². The van der Waals surface area contributed by atoms with Gasteiger partial charge in [-0.3, -0.25) is 19.3 Å². The number of hydrogen-bond donors (Lipinski definition) is 2. The molecule has 2 amide bonds. The Kier molecular flexibility index (Phi) is 7.11. The zero-order valence-electron chi connectivity index (χ0n) is 18.7. The molecular weight excluding hydrogens is 450 g/mol. The number of carbonyl (C=O) groups is 4. The summed E-state index contributed by atoms with van der Waals surface area (Å²) in [6.45, 7) is 6.37. The molecule has 176 valence electrons. The second-order valence-corrected chi connectivity index (χ2v) is 9.51. The van der Waals surface area contributed by atoms with Crippen molar-refractivity contribution in [2.24, 2.45) is 5.16 Å². The number of carboxylic acids is 1. The number of nitrogens with zero attached hydrogens (tertiary/aromatic N) is 2. The first kappa shape index (κ1) is 24.3. The third-order valence-electron chi connectivity index (χ3n) is 4.66. The number of carboxylic acid groups (broad SMARTS) is 1. The Labute approximate surface area is 195 Å². The summed E-state index contributed by atoms with van der Waals surface area (Å²) in [5.74, 6) is -2.80. The van der Waals surface area contributed by atoms with Gasteiger partial charge in [-0.05, 0) is 20.8 Å². The van der Waals surface area contributed by atoms with Crippen LogP contribution < -0.4 is 5.32 Å². The highest BCUT2D eigenvalue weighted by Gasteiger charge is 2.54. The number of nitrogens with one attached hydrogen (secondary N) is 1. The Morgan fingerprint density at radius 3 is 2.48 bits per heavy atom. The van der Waals surface area contributed by atoms with E-state index in [2.05, 4.69) is 10.5 Å². The van der Waals surface area contributed by atoms with Gasteiger partial charge >= 0.3 is 11.9 Å². The molecule has 0 saturated carbocycles. The molecule has 0 aliphatic carbocycles. The first-order valence-electron chi connectivity index (χ1n) is 10.2. The maximum absolute atomic E-state index is 13.1. The van der Waals surface area contributed by atoms with Crippen molar-refractivity contribution in [1.29, 1.82) is 0 Å². The Morgan fingerprint density at radius 1 is 1.24 bits per heavy atom. The van der Waals surface area contributed by atoms with E-state index in [0.29, 0.717) is 11.1 Å². The molecule has 1 saturated heterocycles. The third-order valence-corrected chi connectivity index (χ3v) is 6.00. The number of fused-ring (bicyclic) bond motifs is 1. The number of oxime groups is 1. The molecule has 3 rings (SSSR count). The molecule has 11 heteroatoms. The molecule has 2 heterocycles. The van der Waals surface area contributed by atoms with Crippen LogP contribution in [0.2, 0.25) is 0 Å². The van der Waals surface area contributed by atoms with Crippen molar-refractivity contribution in [2.75, 3.05) is 12.4 Å². The average Bonchev–Trinajstić information content (AvgIpc) is 2.75. The molecule has 2 aliphatic rings. The monoisotopic (exact) mass is 475 g/mol. The van der Waals surface area contributed by atoms with Crippen LogP contribution in [-0.4, -0.2) is 68.8 Å². The topological polar surface area (TPSA) is 135 Å². The lowest BCUT2D eigenvalue weighted by atomic mass is 10.0. The number of ether oxygens (including phenoxy) is 1. The van der Waals surface area contributed by atoms with Crippen molar-refractivity contribution in [3.63, 3.8) is 0 Å². The second-order valence-electron chi connectivity index (χ2n) is 8.41. The molecule has 0 spiro atoms. The maximum Gasteiger partial charge on any atom is 0.352 e. The number of hydrogen-bond acceptors (Lipinski definition) is 8. The molecule has 2 aliphatic heterocycles. The van der Waals surface area contributed by atoms with Gasteiger partial charge in [0, 0.05) is 23.8 Å². The first-order chi connectivity index (χ1) is 15.5. The number of β-lactam (4-membered cyclic amide) rings is 1. The number of esters is 1. The van der Waals surface area contributed by atoms with Crippen molar-refractivity contribution in [2.45, 2.75) is 44.7 Å². The Balaban J connectivity index is 1.80. The molecule has 0 radical (unpaired) electrons. The van der Waals surface area contributed by atoms with Crippen LogP contribution in [0.15, 0.2) is 46.8 Å². The third kappa shape index (κ3) is 5.54. The van der Waals surface area contributed by atoms with Gasteiger partial charge in [0.15, 0.2) is 5.71 Å². The van der Waals surface area contributed by atoms with E-state index in [0.717, 1.165) is 4.90 Å². The minimum absolute atomic E-state index is 0.00197. The lowest BCUT2D eigenvalue weighted by Gasteiger charge is -2.49. The van der Waals surface area contributed by atoms with Crippen LogP contribution in [-0.2, 0) is 28.8 Å². The van der Waals surface area contributed by atoms with Crippen LogP contribution >= 0.6 is 11.8 Å². The lowest BCUT2D eigenvalue weighted by molar-refractivity contribution is -0.150. The molecule has 1 fully saturated rings. The van der Waals surface area contributed by atoms with Crippen LogP contribution in [0.4, 0.5) is 0 Å². The standard InChI is InChI=1S/C22H25N3O7S/c1-12(26)31-10-14-11-33-20-16(19(28)25(20)17(14)21(29)30)23-18(27)15(24-32-22(2,3)4)13-8-6-5-7-9-13/h5-9,16,20H,10-11H2,1-4H3,(H,23,27)(H,29,30)/t16-,20-/m1/s1. The predicted molar refractivity (Wildman–Crippen MR) is 120 cm³/mol. The van der Waals surface area contributed by atoms with Crippen molar-refractivity contribution in [3.8, 4) is 0 Å². The van der Waals surface area contributed by atoms with Gasteiger partial charge in [-0.25, -0.2) is 4.79 Å². The van der Waals surface area contributed by atoms with E-state index in [4.69, 9.17) is 9.57 Å². The van der Waals surface area contributed by atoms with Crippen molar-refractivity contribution in [3.05, 3.63) is 47.2 Å². The maximum atomic E-state index is 13.1. The van der Waals surface area contributed by atoms with Crippen molar-refractivity contribution in [1.82, 2.24) is 10.2 Å². The fourth-order valence-electron chi connectivity index (χ4n) is 3.20. The van der Waals surface area contributed by atoms with E-state index in [1.54, 1.807) is 51.1 Å². The number of thioether (sulfide) groups is 1. The van der Waals surface area contributed by atoms with E-state index < -0.39 is 40.8 Å². The predicted octanol–water partition coefficient (Wildman–Crippen LogP) is 1.51. The van der Waals surface area contributed by atoms with Gasteiger partial charge in [0.2, 0.25) is 0 Å². The zero-order valence-corrected chi connectivity index (χ0v) is 19.5. The second kappa shape index (κ2) is 9.65. The summed E-state index contributed by atoms with van der Waals surface area (Å²) in [5, 5.41) is 15.7. The summed E-state index contributed by atoms with van der Waals surface area (Å²) in [4.78, 5) is 55.4. The summed E-state index contributed by atoms with van der Waals surface area (Å²) in [7, 11) is 0. The highest BCUT2D eigenvalue weighted by atomic mass is 32.2. The Hall–Kier alpha value is -3.34. The van der Waals surface area contributed by atoms with Gasteiger partial charge in [0.25, 0.3) is 11.8 Å². The van der Waals surface area contributed by atoms with Gasteiger partial charge in [-0.2, -0.15) is 0 Å². The van der Waals surface area contributed by atoms with Gasteiger partial charge in [-0.15, -0.1) is 11.8 Å². The molecule has 33 heavy (non-hydrogen) atoms. The molecule has 0 bridgehead atoms. The number of amides is 2. The number of carbonyl (C=O) groups excluding carboxylic acids is 3. The zero-order chi connectivity index (χ0) is 24.3. The van der Waals surface area contributed by atoms with Crippen LogP contribution in [0.3, 0.4) is 0 Å². The fourth-order valence-corrected chi connectivity index (χ4v) is 4.52. The quantitative estimate of drug-likeness (QED) is 0.262. The van der Waals surface area contributed by atoms with Crippen molar-refractivity contribution >= 4 is 41.2 Å². The largest absolute Gasteiger partial charge is 0.477 e. The van der Waals surface area contributed by atoms with Crippen LogP contribution in [0, 0.1) is 0 Å². The molecular formula is C22H25N3O7S. The summed E-state index contributed by atoms with van der Waals surface area (Å²) >= 11 is 1.28. The van der Waals surface area contributed by atoms with Crippen LogP contribution in [0.25, 0.3) is 0 Å². The van der Waals surface area contributed by atoms with E-state index in [1.165, 1.54) is 18.7 Å². The van der Waals surface area contributed by atoms with Gasteiger partial charge in [0.05, 0.1) is 0 Å². The Morgan fingerprint density at radius 2 is 1.91 bits per heavy atom. The van der Waals surface area contributed by atoms with Gasteiger partial charge in [0.1, 0.15) is 29.3 Å². The number of benzene rings is 1. The number of aliphatic carboxylic acids is 1.